The summed E-state index contributed by atoms with van der Waals surface area (Å²) < 4.78 is 0. The summed E-state index contributed by atoms with van der Waals surface area (Å²) in [6.45, 7) is 2.83. The van der Waals surface area contributed by atoms with E-state index in [4.69, 9.17) is 5.11 Å². The van der Waals surface area contributed by atoms with E-state index in [1.54, 1.807) is 0 Å². The van der Waals surface area contributed by atoms with Crippen LogP contribution in [0.4, 0.5) is 0 Å². The van der Waals surface area contributed by atoms with E-state index in [-0.39, 0.29) is 5.91 Å². The number of carbonyl (C=O) groups is 2. The normalized spacial score (nSPS) is 10.4. The Balaban J connectivity index is 3.10. The van der Waals surface area contributed by atoms with Gasteiger partial charge in [-0.2, -0.15) is 0 Å². The monoisotopic (exact) mass is 271 g/mol. The molecule has 0 unspecified atom stereocenters. The average Bonchev–Trinajstić information content (AvgIpc) is 2.35. The van der Waals surface area contributed by atoms with Gasteiger partial charge in [0, 0.05) is 6.54 Å². The topological polar surface area (TPSA) is 66.4 Å². The first kappa shape index (κ1) is 17.9. The van der Waals surface area contributed by atoms with Crippen LogP contribution in [0.5, 0.6) is 0 Å². The lowest BCUT2D eigenvalue weighted by molar-refractivity contribution is -0.140. The smallest absolute Gasteiger partial charge is 0.312 e. The molecule has 4 heteroatoms. The number of carboxylic acids is 1. The van der Waals surface area contributed by atoms with Gasteiger partial charge in [-0.25, -0.2) is 0 Å². The Hall–Kier alpha value is -1.06. The molecule has 0 bridgehead atoms. The molecular formula is C15H29NO3. The molecule has 0 spiro atoms. The third-order valence-electron chi connectivity index (χ3n) is 3.16. The van der Waals surface area contributed by atoms with E-state index in [9.17, 15) is 9.59 Å². The number of hydrogen-bond acceptors (Lipinski definition) is 2. The Bertz CT molecular complexity index is 242. The lowest BCUT2D eigenvalue weighted by Gasteiger charge is -2.04. The summed E-state index contributed by atoms with van der Waals surface area (Å²) in [6.07, 6.45) is 12.2. The average molecular weight is 271 g/mol. The van der Waals surface area contributed by atoms with Crippen LogP contribution in [0, 0.1) is 0 Å². The molecule has 0 heterocycles. The number of hydrogen-bond donors (Lipinski definition) is 2. The summed E-state index contributed by atoms with van der Waals surface area (Å²) in [5, 5.41) is 11.0. The quantitative estimate of drug-likeness (QED) is 0.398. The van der Waals surface area contributed by atoms with Crippen molar-refractivity contribution in [3.8, 4) is 0 Å². The molecule has 0 aromatic rings. The Morgan fingerprint density at radius 2 is 1.32 bits per heavy atom. The van der Waals surface area contributed by atoms with Crippen molar-refractivity contribution in [3.63, 3.8) is 0 Å². The molecule has 19 heavy (non-hydrogen) atoms. The number of rotatable bonds is 13. The summed E-state index contributed by atoms with van der Waals surface area (Å²) in [5.74, 6) is -1.45. The molecule has 0 saturated carbocycles. The van der Waals surface area contributed by atoms with Gasteiger partial charge in [0.15, 0.2) is 0 Å². The summed E-state index contributed by atoms with van der Waals surface area (Å²) in [4.78, 5) is 21.3. The van der Waals surface area contributed by atoms with Gasteiger partial charge >= 0.3 is 5.97 Å². The Morgan fingerprint density at radius 1 is 0.842 bits per heavy atom. The molecule has 0 aliphatic rings. The van der Waals surface area contributed by atoms with E-state index >= 15 is 0 Å². The zero-order valence-electron chi connectivity index (χ0n) is 12.2. The molecule has 0 radical (unpaired) electrons. The Kier molecular flexibility index (Phi) is 12.6. The Morgan fingerprint density at radius 3 is 1.79 bits per heavy atom. The molecule has 0 aliphatic carbocycles. The third kappa shape index (κ3) is 14.9. The summed E-state index contributed by atoms with van der Waals surface area (Å²) >= 11 is 0. The lowest BCUT2D eigenvalue weighted by Crippen LogP contribution is -2.26. The zero-order chi connectivity index (χ0) is 14.3. The van der Waals surface area contributed by atoms with Crippen molar-refractivity contribution < 1.29 is 14.7 Å². The maximum absolute atomic E-state index is 11.0. The highest BCUT2D eigenvalue weighted by atomic mass is 16.4. The van der Waals surface area contributed by atoms with Crippen LogP contribution in [0.1, 0.15) is 77.6 Å². The van der Waals surface area contributed by atoms with Gasteiger partial charge in [0.25, 0.3) is 0 Å². The molecular weight excluding hydrogens is 242 g/mol. The first-order valence-corrected chi connectivity index (χ1v) is 7.65. The number of amides is 1. The van der Waals surface area contributed by atoms with Crippen LogP contribution in [0.3, 0.4) is 0 Å². The van der Waals surface area contributed by atoms with Crippen LogP contribution < -0.4 is 5.32 Å². The minimum absolute atomic E-state index is 0.386. The van der Waals surface area contributed by atoms with Gasteiger partial charge in [0.1, 0.15) is 6.42 Å². The largest absolute Gasteiger partial charge is 0.481 e. The molecule has 4 nitrogen and oxygen atoms in total. The maximum Gasteiger partial charge on any atom is 0.312 e. The fraction of sp³-hybridized carbons (Fsp3) is 0.867. The van der Waals surface area contributed by atoms with Crippen LogP contribution in [0.25, 0.3) is 0 Å². The van der Waals surface area contributed by atoms with Crippen molar-refractivity contribution in [2.45, 2.75) is 77.6 Å². The van der Waals surface area contributed by atoms with Crippen molar-refractivity contribution >= 4 is 11.9 Å². The molecule has 0 saturated heterocycles. The zero-order valence-corrected chi connectivity index (χ0v) is 12.2. The van der Waals surface area contributed by atoms with E-state index < -0.39 is 12.4 Å². The number of unbranched alkanes of at least 4 members (excludes halogenated alkanes) is 9. The van der Waals surface area contributed by atoms with Crippen LogP contribution in [-0.2, 0) is 9.59 Å². The standard InChI is InChI=1S/C15H29NO3/c1-2-3-4-5-6-7-8-9-10-11-12-16-14(17)13-15(18)19/h2-13H2,1H3,(H,16,17)(H,18,19). The minimum Gasteiger partial charge on any atom is -0.481 e. The van der Waals surface area contributed by atoms with Gasteiger partial charge in [-0.1, -0.05) is 64.7 Å². The van der Waals surface area contributed by atoms with Gasteiger partial charge in [-0.15, -0.1) is 0 Å². The van der Waals surface area contributed by atoms with Gasteiger partial charge in [-0.05, 0) is 6.42 Å². The maximum atomic E-state index is 11.0. The number of carboxylic acid groups (broad SMARTS) is 1. The second-order valence-corrected chi connectivity index (χ2v) is 5.10. The van der Waals surface area contributed by atoms with E-state index in [0.717, 1.165) is 12.8 Å². The molecule has 0 aromatic heterocycles. The second kappa shape index (κ2) is 13.4. The van der Waals surface area contributed by atoms with Crippen molar-refractivity contribution in [3.05, 3.63) is 0 Å². The summed E-state index contributed by atoms with van der Waals surface area (Å²) in [6, 6.07) is 0. The highest BCUT2D eigenvalue weighted by Crippen LogP contribution is 2.10. The minimum atomic E-state index is -1.07. The van der Waals surface area contributed by atoms with Gasteiger partial charge in [0.2, 0.25) is 5.91 Å². The number of nitrogens with one attached hydrogen (secondary N) is 1. The predicted octanol–water partition coefficient (Wildman–Crippen LogP) is 3.50. The van der Waals surface area contributed by atoms with Crippen LogP contribution >= 0.6 is 0 Å². The van der Waals surface area contributed by atoms with E-state index in [1.807, 2.05) is 0 Å². The summed E-state index contributed by atoms with van der Waals surface area (Å²) in [7, 11) is 0. The summed E-state index contributed by atoms with van der Waals surface area (Å²) in [5.41, 5.74) is 0. The van der Waals surface area contributed by atoms with Crippen LogP contribution in [0.2, 0.25) is 0 Å². The lowest BCUT2D eigenvalue weighted by atomic mass is 10.1. The fourth-order valence-electron chi connectivity index (χ4n) is 2.04. The van der Waals surface area contributed by atoms with Crippen molar-refractivity contribution in [1.82, 2.24) is 5.32 Å². The highest BCUT2D eigenvalue weighted by molar-refractivity contribution is 5.93. The van der Waals surface area contributed by atoms with Crippen molar-refractivity contribution in [1.29, 1.82) is 0 Å². The first-order chi connectivity index (χ1) is 9.16. The molecule has 1 amide bonds. The molecule has 0 fully saturated rings. The molecule has 112 valence electrons. The van der Waals surface area contributed by atoms with Gasteiger partial charge < -0.3 is 10.4 Å². The number of carbonyl (C=O) groups excluding carboxylic acids is 1. The molecule has 0 atom stereocenters. The second-order valence-electron chi connectivity index (χ2n) is 5.10. The number of aliphatic carboxylic acids is 1. The SMILES string of the molecule is CCCCCCCCCCCCNC(=O)CC(=O)O. The predicted molar refractivity (Wildman–Crippen MR) is 77.1 cm³/mol. The highest BCUT2D eigenvalue weighted by Gasteiger charge is 2.05. The van der Waals surface area contributed by atoms with Crippen LogP contribution in [-0.4, -0.2) is 23.5 Å². The fourth-order valence-corrected chi connectivity index (χ4v) is 2.04. The van der Waals surface area contributed by atoms with E-state index in [0.29, 0.717) is 6.54 Å². The van der Waals surface area contributed by atoms with E-state index in [2.05, 4.69) is 12.2 Å². The third-order valence-corrected chi connectivity index (χ3v) is 3.16. The first-order valence-electron chi connectivity index (χ1n) is 7.65. The molecule has 0 rings (SSSR count). The van der Waals surface area contributed by atoms with Gasteiger partial charge in [0.05, 0.1) is 0 Å². The Labute approximate surface area is 117 Å². The van der Waals surface area contributed by atoms with Gasteiger partial charge in [-0.3, -0.25) is 9.59 Å². The van der Waals surface area contributed by atoms with Crippen molar-refractivity contribution in [2.75, 3.05) is 6.54 Å². The van der Waals surface area contributed by atoms with Crippen molar-refractivity contribution in [2.24, 2.45) is 0 Å². The van der Waals surface area contributed by atoms with E-state index in [1.165, 1.54) is 51.4 Å². The van der Waals surface area contributed by atoms with Crippen LogP contribution in [0.15, 0.2) is 0 Å². The molecule has 2 N–H and O–H groups in total. The molecule has 0 aromatic carbocycles. The molecule has 0 aliphatic heterocycles.